The van der Waals surface area contributed by atoms with Crippen molar-refractivity contribution in [1.82, 2.24) is 9.55 Å². The summed E-state index contributed by atoms with van der Waals surface area (Å²) in [5.41, 5.74) is 3.98. The van der Waals surface area contributed by atoms with Crippen molar-refractivity contribution in [3.63, 3.8) is 0 Å². The summed E-state index contributed by atoms with van der Waals surface area (Å²) in [7, 11) is 4.81. The molecule has 0 fully saturated rings. The Morgan fingerprint density at radius 2 is 1.52 bits per heavy atom. The minimum Gasteiger partial charge on any atom is -0.493 e. The molecule has 1 aromatic heterocycles. The zero-order valence-electron chi connectivity index (χ0n) is 16.5. The molecular formula is C23H21ClN2O3. The Hall–Kier alpha value is -3.18. The maximum Gasteiger partial charge on any atom is 0.203 e. The fourth-order valence-electron chi connectivity index (χ4n) is 3.44. The summed E-state index contributed by atoms with van der Waals surface area (Å²) in [5.74, 6) is 2.55. The highest BCUT2D eigenvalue weighted by Gasteiger charge is 2.19. The van der Waals surface area contributed by atoms with Gasteiger partial charge >= 0.3 is 0 Å². The molecule has 6 heteroatoms. The summed E-state index contributed by atoms with van der Waals surface area (Å²) in [5, 5.41) is 0.717. The number of hydrogen-bond donors (Lipinski definition) is 0. The molecule has 4 rings (SSSR count). The lowest BCUT2D eigenvalue weighted by Gasteiger charge is -2.15. The van der Waals surface area contributed by atoms with Crippen molar-refractivity contribution in [2.45, 2.75) is 6.54 Å². The van der Waals surface area contributed by atoms with Crippen LogP contribution in [0.2, 0.25) is 5.02 Å². The van der Waals surface area contributed by atoms with Crippen LogP contribution >= 0.6 is 11.6 Å². The Morgan fingerprint density at radius 1 is 0.862 bits per heavy atom. The van der Waals surface area contributed by atoms with Gasteiger partial charge in [0, 0.05) is 17.1 Å². The number of ether oxygens (including phenoxy) is 3. The zero-order chi connectivity index (χ0) is 20.4. The normalized spacial score (nSPS) is 10.9. The molecule has 0 bridgehead atoms. The predicted octanol–water partition coefficient (Wildman–Crippen LogP) is 5.43. The third kappa shape index (κ3) is 3.61. The average Bonchev–Trinajstić information content (AvgIpc) is 3.12. The summed E-state index contributed by atoms with van der Waals surface area (Å²) in [4.78, 5) is 4.89. The number of rotatable bonds is 6. The highest BCUT2D eigenvalue weighted by atomic mass is 35.5. The molecule has 1 heterocycles. The van der Waals surface area contributed by atoms with Gasteiger partial charge in [-0.15, -0.1) is 0 Å². The first-order chi connectivity index (χ1) is 14.1. The van der Waals surface area contributed by atoms with Gasteiger partial charge in [-0.3, -0.25) is 0 Å². The van der Waals surface area contributed by atoms with Crippen molar-refractivity contribution in [1.29, 1.82) is 0 Å². The molecule has 0 amide bonds. The molecule has 0 aliphatic heterocycles. The lowest BCUT2D eigenvalue weighted by molar-refractivity contribution is 0.324. The molecule has 148 valence electrons. The monoisotopic (exact) mass is 408 g/mol. The average molecular weight is 409 g/mol. The van der Waals surface area contributed by atoms with Crippen LogP contribution in [0.25, 0.3) is 22.4 Å². The van der Waals surface area contributed by atoms with E-state index in [1.54, 1.807) is 21.3 Å². The van der Waals surface area contributed by atoms with Gasteiger partial charge in [0.1, 0.15) is 5.82 Å². The van der Waals surface area contributed by atoms with Gasteiger partial charge in [0.2, 0.25) is 5.75 Å². The minimum atomic E-state index is 0.555. The van der Waals surface area contributed by atoms with Crippen LogP contribution in [0.15, 0.2) is 60.7 Å². The Bertz CT molecular complexity index is 1130. The highest BCUT2D eigenvalue weighted by Crippen LogP contribution is 2.41. The van der Waals surface area contributed by atoms with E-state index in [4.69, 9.17) is 30.8 Å². The summed E-state index contributed by atoms with van der Waals surface area (Å²) in [6.07, 6.45) is 0. The first-order valence-corrected chi connectivity index (χ1v) is 9.52. The Labute approximate surface area is 174 Å². The highest BCUT2D eigenvalue weighted by molar-refractivity contribution is 6.30. The molecule has 4 aromatic rings. The number of halogens is 1. The van der Waals surface area contributed by atoms with Crippen LogP contribution in [0, 0.1) is 0 Å². The number of para-hydroxylation sites is 2. The van der Waals surface area contributed by atoms with E-state index in [1.165, 1.54) is 0 Å². The van der Waals surface area contributed by atoms with Crippen molar-refractivity contribution in [2.75, 3.05) is 21.3 Å². The van der Waals surface area contributed by atoms with E-state index >= 15 is 0 Å². The molecule has 0 aliphatic carbocycles. The van der Waals surface area contributed by atoms with Crippen LogP contribution in [0.4, 0.5) is 0 Å². The SMILES string of the molecule is COc1cc(-c2nc3ccccc3n2Cc2ccc(Cl)cc2)cc(OC)c1OC. The number of benzene rings is 3. The summed E-state index contributed by atoms with van der Waals surface area (Å²) in [6, 6.07) is 19.8. The first-order valence-electron chi connectivity index (χ1n) is 9.14. The smallest absolute Gasteiger partial charge is 0.203 e. The zero-order valence-corrected chi connectivity index (χ0v) is 17.2. The van der Waals surface area contributed by atoms with Gasteiger partial charge in [-0.05, 0) is 42.0 Å². The second-order valence-corrected chi connectivity index (χ2v) is 6.99. The number of aromatic nitrogens is 2. The van der Waals surface area contributed by atoms with Gasteiger partial charge in [-0.25, -0.2) is 4.98 Å². The lowest BCUT2D eigenvalue weighted by atomic mass is 10.1. The van der Waals surface area contributed by atoms with Gasteiger partial charge in [0.15, 0.2) is 11.5 Å². The largest absolute Gasteiger partial charge is 0.493 e. The van der Waals surface area contributed by atoms with Crippen LogP contribution in [0.3, 0.4) is 0 Å². The van der Waals surface area contributed by atoms with Crippen molar-refractivity contribution < 1.29 is 14.2 Å². The molecule has 3 aromatic carbocycles. The molecule has 0 aliphatic rings. The van der Waals surface area contributed by atoms with Gasteiger partial charge < -0.3 is 18.8 Å². The van der Waals surface area contributed by atoms with Gasteiger partial charge in [0.25, 0.3) is 0 Å². The van der Waals surface area contributed by atoms with E-state index in [0.717, 1.165) is 28.0 Å². The maximum absolute atomic E-state index is 6.05. The Balaban J connectivity index is 1.91. The van der Waals surface area contributed by atoms with Gasteiger partial charge in [-0.2, -0.15) is 0 Å². The van der Waals surface area contributed by atoms with E-state index in [0.29, 0.717) is 28.8 Å². The predicted molar refractivity (Wildman–Crippen MR) is 115 cm³/mol. The lowest BCUT2D eigenvalue weighted by Crippen LogP contribution is -2.03. The molecular weight excluding hydrogens is 388 g/mol. The van der Waals surface area contributed by atoms with E-state index in [2.05, 4.69) is 10.6 Å². The topological polar surface area (TPSA) is 45.5 Å². The quantitative estimate of drug-likeness (QED) is 0.426. The van der Waals surface area contributed by atoms with Gasteiger partial charge in [-0.1, -0.05) is 35.9 Å². The number of imidazole rings is 1. The number of hydrogen-bond acceptors (Lipinski definition) is 4. The fourth-order valence-corrected chi connectivity index (χ4v) is 3.56. The molecule has 5 nitrogen and oxygen atoms in total. The van der Waals surface area contributed by atoms with Crippen molar-refractivity contribution >= 4 is 22.6 Å². The van der Waals surface area contributed by atoms with E-state index in [1.807, 2.05) is 54.6 Å². The molecule has 29 heavy (non-hydrogen) atoms. The standard InChI is InChI=1S/C23H21ClN2O3/c1-27-20-12-16(13-21(28-2)22(20)29-3)23-25-18-6-4-5-7-19(18)26(23)14-15-8-10-17(24)11-9-15/h4-13H,14H2,1-3H3. The van der Waals surface area contributed by atoms with Crippen LogP contribution in [0.1, 0.15) is 5.56 Å². The summed E-state index contributed by atoms with van der Waals surface area (Å²) in [6.45, 7) is 0.656. The van der Waals surface area contributed by atoms with Crippen LogP contribution in [-0.4, -0.2) is 30.9 Å². The van der Waals surface area contributed by atoms with Crippen molar-refractivity contribution in [2.24, 2.45) is 0 Å². The fraction of sp³-hybridized carbons (Fsp3) is 0.174. The molecule has 0 unspecified atom stereocenters. The molecule has 0 atom stereocenters. The number of methoxy groups -OCH3 is 3. The molecule has 0 spiro atoms. The molecule has 0 radical (unpaired) electrons. The van der Waals surface area contributed by atoms with E-state index in [9.17, 15) is 0 Å². The summed E-state index contributed by atoms with van der Waals surface area (Å²) >= 11 is 6.05. The molecule has 0 saturated heterocycles. The van der Waals surface area contributed by atoms with Gasteiger partial charge in [0.05, 0.1) is 32.4 Å². The third-order valence-corrected chi connectivity index (χ3v) is 5.08. The second-order valence-electron chi connectivity index (χ2n) is 6.55. The third-order valence-electron chi connectivity index (χ3n) is 4.83. The summed E-state index contributed by atoms with van der Waals surface area (Å²) < 4.78 is 18.7. The van der Waals surface area contributed by atoms with Crippen LogP contribution in [0.5, 0.6) is 17.2 Å². The Kier molecular flexibility index (Phi) is 5.32. The molecule has 0 saturated carbocycles. The van der Waals surface area contributed by atoms with Crippen LogP contribution < -0.4 is 14.2 Å². The van der Waals surface area contributed by atoms with Crippen molar-refractivity contribution in [3.8, 4) is 28.6 Å². The molecule has 0 N–H and O–H groups in total. The van der Waals surface area contributed by atoms with Crippen molar-refractivity contribution in [3.05, 3.63) is 71.2 Å². The minimum absolute atomic E-state index is 0.555. The maximum atomic E-state index is 6.05. The number of nitrogens with zero attached hydrogens (tertiary/aromatic N) is 2. The second kappa shape index (κ2) is 8.05. The van der Waals surface area contributed by atoms with E-state index in [-0.39, 0.29) is 0 Å². The van der Waals surface area contributed by atoms with E-state index < -0.39 is 0 Å². The Morgan fingerprint density at radius 3 is 2.14 bits per heavy atom. The number of fused-ring (bicyclic) bond motifs is 1. The first kappa shape index (κ1) is 19.2. The van der Waals surface area contributed by atoms with Crippen LogP contribution in [-0.2, 0) is 6.54 Å².